The minimum absolute atomic E-state index is 0.00524. The Morgan fingerprint density at radius 1 is 0.885 bits per heavy atom. The highest BCUT2D eigenvalue weighted by Gasteiger charge is 2.24. The first-order valence-corrected chi connectivity index (χ1v) is 8.65. The Labute approximate surface area is 152 Å². The standard InChI is InChI=1S/C22H21FN2O/c1-16(22(26)25-20-14-8-13-19(23)15-20)24-21(17-9-4-2-5-10-17)18-11-6-3-7-12-18/h2-16,21,24H,1H3,(H,25,26)/p+1/t16-/m0/s1. The molecule has 3 rings (SSSR count). The maximum absolute atomic E-state index is 13.3. The third kappa shape index (κ3) is 4.55. The molecule has 3 N–H and O–H groups in total. The highest BCUT2D eigenvalue weighted by Crippen LogP contribution is 2.18. The molecule has 132 valence electrons. The molecule has 26 heavy (non-hydrogen) atoms. The minimum atomic E-state index is -0.370. The zero-order valence-electron chi connectivity index (χ0n) is 14.6. The molecule has 0 aliphatic carbocycles. The number of amides is 1. The van der Waals surface area contributed by atoms with Crippen molar-refractivity contribution in [3.63, 3.8) is 0 Å². The van der Waals surface area contributed by atoms with E-state index in [1.54, 1.807) is 12.1 Å². The molecule has 0 saturated heterocycles. The molecule has 0 aliphatic heterocycles. The summed E-state index contributed by atoms with van der Waals surface area (Å²) in [5.74, 6) is -0.529. The van der Waals surface area contributed by atoms with Crippen LogP contribution in [0.25, 0.3) is 0 Å². The first-order valence-electron chi connectivity index (χ1n) is 8.65. The fourth-order valence-electron chi connectivity index (χ4n) is 2.93. The molecule has 0 aliphatic rings. The fraction of sp³-hybridized carbons (Fsp3) is 0.136. The van der Waals surface area contributed by atoms with E-state index in [4.69, 9.17) is 0 Å². The van der Waals surface area contributed by atoms with Crippen molar-refractivity contribution in [3.8, 4) is 0 Å². The Kier molecular flexibility index (Phi) is 5.77. The van der Waals surface area contributed by atoms with Crippen LogP contribution in [0.4, 0.5) is 10.1 Å². The lowest BCUT2D eigenvalue weighted by Crippen LogP contribution is -2.92. The van der Waals surface area contributed by atoms with E-state index >= 15 is 0 Å². The lowest BCUT2D eigenvalue weighted by atomic mass is 9.98. The van der Waals surface area contributed by atoms with E-state index in [0.29, 0.717) is 5.69 Å². The molecule has 0 spiro atoms. The van der Waals surface area contributed by atoms with Gasteiger partial charge >= 0.3 is 0 Å². The van der Waals surface area contributed by atoms with Gasteiger partial charge in [-0.2, -0.15) is 0 Å². The van der Waals surface area contributed by atoms with Crippen molar-refractivity contribution in [2.75, 3.05) is 5.32 Å². The van der Waals surface area contributed by atoms with E-state index in [-0.39, 0.29) is 23.8 Å². The maximum atomic E-state index is 13.3. The van der Waals surface area contributed by atoms with Crippen molar-refractivity contribution in [1.29, 1.82) is 0 Å². The summed E-state index contributed by atoms with van der Waals surface area (Å²) < 4.78 is 13.3. The number of halogens is 1. The molecular weight excluding hydrogens is 327 g/mol. The lowest BCUT2D eigenvalue weighted by molar-refractivity contribution is -0.704. The highest BCUT2D eigenvalue weighted by molar-refractivity contribution is 5.93. The summed E-state index contributed by atoms with van der Waals surface area (Å²) in [6, 6.07) is 25.8. The van der Waals surface area contributed by atoms with Gasteiger partial charge in [0, 0.05) is 16.8 Å². The van der Waals surface area contributed by atoms with Crippen LogP contribution in [0.5, 0.6) is 0 Å². The molecule has 1 amide bonds. The Morgan fingerprint density at radius 3 is 2.00 bits per heavy atom. The number of benzene rings is 3. The molecule has 0 unspecified atom stereocenters. The van der Waals surface area contributed by atoms with E-state index in [2.05, 4.69) is 29.6 Å². The van der Waals surface area contributed by atoms with E-state index in [0.717, 1.165) is 11.1 Å². The quantitative estimate of drug-likeness (QED) is 0.703. The Bertz CT molecular complexity index is 813. The zero-order chi connectivity index (χ0) is 18.4. The largest absolute Gasteiger partial charge is 0.326 e. The normalized spacial score (nSPS) is 12.0. The van der Waals surface area contributed by atoms with Crippen molar-refractivity contribution >= 4 is 11.6 Å². The van der Waals surface area contributed by atoms with Gasteiger partial charge in [-0.15, -0.1) is 0 Å². The second kappa shape index (κ2) is 8.41. The van der Waals surface area contributed by atoms with Gasteiger partial charge in [-0.1, -0.05) is 66.7 Å². The van der Waals surface area contributed by atoms with E-state index < -0.39 is 0 Å². The lowest BCUT2D eigenvalue weighted by Gasteiger charge is -2.20. The van der Waals surface area contributed by atoms with Crippen LogP contribution < -0.4 is 10.6 Å². The molecule has 4 heteroatoms. The average molecular weight is 349 g/mol. The average Bonchev–Trinajstić information content (AvgIpc) is 2.67. The van der Waals surface area contributed by atoms with Crippen molar-refractivity contribution in [2.45, 2.75) is 19.0 Å². The first-order chi connectivity index (χ1) is 12.6. The molecule has 3 aromatic rings. The number of nitrogens with two attached hydrogens (primary N) is 1. The van der Waals surface area contributed by atoms with Gasteiger partial charge in [-0.05, 0) is 25.1 Å². The molecule has 0 bridgehead atoms. The van der Waals surface area contributed by atoms with Gasteiger partial charge in [0.15, 0.2) is 6.04 Å². The third-order valence-corrected chi connectivity index (χ3v) is 4.30. The molecule has 1 atom stereocenters. The summed E-state index contributed by atoms with van der Waals surface area (Å²) >= 11 is 0. The van der Waals surface area contributed by atoms with E-state index in [1.807, 2.05) is 48.6 Å². The maximum Gasteiger partial charge on any atom is 0.282 e. The van der Waals surface area contributed by atoms with Gasteiger partial charge in [-0.3, -0.25) is 4.79 Å². The van der Waals surface area contributed by atoms with E-state index in [9.17, 15) is 9.18 Å². The molecule has 0 fully saturated rings. The van der Waals surface area contributed by atoms with Crippen LogP contribution in [-0.4, -0.2) is 11.9 Å². The van der Waals surface area contributed by atoms with Gasteiger partial charge < -0.3 is 10.6 Å². The number of hydrogen-bond acceptors (Lipinski definition) is 1. The summed E-state index contributed by atoms with van der Waals surface area (Å²) in [7, 11) is 0. The number of carbonyl (C=O) groups excluding carboxylic acids is 1. The van der Waals surface area contributed by atoms with Crippen LogP contribution in [0.15, 0.2) is 84.9 Å². The van der Waals surface area contributed by atoms with Gasteiger partial charge in [-0.25, -0.2) is 4.39 Å². The van der Waals surface area contributed by atoms with Crippen LogP contribution in [0.1, 0.15) is 24.1 Å². The number of carbonyl (C=O) groups is 1. The van der Waals surface area contributed by atoms with Crippen molar-refractivity contribution in [3.05, 3.63) is 102 Å². The molecular formula is C22H22FN2O+. The number of anilines is 1. The molecule has 0 heterocycles. The Hall–Kier alpha value is -2.98. The summed E-state index contributed by atoms with van der Waals surface area (Å²) in [5.41, 5.74) is 2.72. The van der Waals surface area contributed by atoms with Gasteiger partial charge in [0.05, 0.1) is 0 Å². The first kappa shape index (κ1) is 17.8. The summed E-state index contributed by atoms with van der Waals surface area (Å²) in [5, 5.41) is 4.81. The van der Waals surface area contributed by atoms with Crippen molar-refractivity contribution in [2.24, 2.45) is 0 Å². The van der Waals surface area contributed by atoms with Crippen LogP contribution in [0, 0.1) is 5.82 Å². The second-order valence-electron chi connectivity index (χ2n) is 6.28. The SMILES string of the molecule is C[C@H]([NH2+]C(c1ccccc1)c1ccccc1)C(=O)Nc1cccc(F)c1. The summed E-state index contributed by atoms with van der Waals surface area (Å²) in [4.78, 5) is 12.6. The van der Waals surface area contributed by atoms with Crippen molar-refractivity contribution < 1.29 is 14.5 Å². The Morgan fingerprint density at radius 2 is 1.46 bits per heavy atom. The summed E-state index contributed by atoms with van der Waals surface area (Å²) in [6.07, 6.45) is 0. The van der Waals surface area contributed by atoms with Crippen LogP contribution in [-0.2, 0) is 4.79 Å². The predicted octanol–water partition coefficient (Wildman–Crippen LogP) is 3.51. The summed E-state index contributed by atoms with van der Waals surface area (Å²) in [6.45, 7) is 1.85. The predicted molar refractivity (Wildman–Crippen MR) is 101 cm³/mol. The van der Waals surface area contributed by atoms with Crippen molar-refractivity contribution in [1.82, 2.24) is 0 Å². The topological polar surface area (TPSA) is 45.7 Å². The zero-order valence-corrected chi connectivity index (χ0v) is 14.6. The molecule has 0 aromatic heterocycles. The monoisotopic (exact) mass is 349 g/mol. The van der Waals surface area contributed by atoms with Crippen LogP contribution in [0.2, 0.25) is 0 Å². The highest BCUT2D eigenvalue weighted by atomic mass is 19.1. The molecule has 0 radical (unpaired) electrons. The molecule has 3 nitrogen and oxygen atoms in total. The number of rotatable bonds is 6. The third-order valence-electron chi connectivity index (χ3n) is 4.30. The Balaban J connectivity index is 1.77. The number of nitrogens with one attached hydrogen (secondary N) is 1. The molecule has 3 aromatic carbocycles. The van der Waals surface area contributed by atoms with E-state index in [1.165, 1.54) is 12.1 Å². The smallest absolute Gasteiger partial charge is 0.282 e. The fourth-order valence-corrected chi connectivity index (χ4v) is 2.93. The number of hydrogen-bond donors (Lipinski definition) is 2. The minimum Gasteiger partial charge on any atom is -0.326 e. The van der Waals surface area contributed by atoms with Gasteiger partial charge in [0.1, 0.15) is 11.9 Å². The van der Waals surface area contributed by atoms with Gasteiger partial charge in [0.25, 0.3) is 5.91 Å². The molecule has 0 saturated carbocycles. The number of quaternary nitrogens is 1. The van der Waals surface area contributed by atoms with Gasteiger partial charge in [0.2, 0.25) is 0 Å². The van der Waals surface area contributed by atoms with Crippen LogP contribution in [0.3, 0.4) is 0 Å². The second-order valence-corrected chi connectivity index (χ2v) is 6.28. The van der Waals surface area contributed by atoms with Crippen LogP contribution >= 0.6 is 0 Å².